The van der Waals surface area contributed by atoms with Crippen LogP contribution in [0.25, 0.3) is 0 Å². The van der Waals surface area contributed by atoms with Crippen LogP contribution in [0, 0.1) is 23.6 Å². The van der Waals surface area contributed by atoms with Gasteiger partial charge in [-0.1, -0.05) is 44.7 Å². The fourth-order valence-electron chi connectivity index (χ4n) is 5.84. The smallest absolute Gasteiger partial charge is 0.343 e. The van der Waals surface area contributed by atoms with Gasteiger partial charge < -0.3 is 4.74 Å². The molecule has 2 aromatic carbocycles. The third-order valence-electron chi connectivity index (χ3n) is 7.67. The lowest BCUT2D eigenvalue weighted by atomic mass is 9.68. The summed E-state index contributed by atoms with van der Waals surface area (Å²) in [5.41, 5.74) is 1.87. The van der Waals surface area contributed by atoms with E-state index in [9.17, 15) is 9.18 Å². The van der Waals surface area contributed by atoms with Gasteiger partial charge in [0.25, 0.3) is 0 Å². The molecule has 2 saturated carbocycles. The normalized spacial score (nSPS) is 26.4. The molecule has 0 spiro atoms. The Bertz CT molecular complexity index is 826. The van der Waals surface area contributed by atoms with E-state index in [1.165, 1.54) is 94.0 Å². The fraction of sp³-hybridized carbons (Fsp3) is 0.536. The lowest BCUT2D eigenvalue weighted by Gasteiger charge is -2.38. The van der Waals surface area contributed by atoms with Gasteiger partial charge in [-0.05, 0) is 104 Å². The summed E-state index contributed by atoms with van der Waals surface area (Å²) in [5.74, 6) is 3.09. The van der Waals surface area contributed by atoms with E-state index in [-0.39, 0.29) is 5.82 Å². The van der Waals surface area contributed by atoms with Crippen LogP contribution in [-0.2, 0) is 0 Å². The first-order chi connectivity index (χ1) is 15.1. The Morgan fingerprint density at radius 2 is 1.42 bits per heavy atom. The van der Waals surface area contributed by atoms with E-state index in [0.717, 1.165) is 17.8 Å². The van der Waals surface area contributed by atoms with Crippen LogP contribution < -0.4 is 4.74 Å². The van der Waals surface area contributed by atoms with Crippen LogP contribution >= 0.6 is 0 Å². The summed E-state index contributed by atoms with van der Waals surface area (Å²) in [6.07, 6.45) is 13.8. The highest BCUT2D eigenvalue weighted by molar-refractivity contribution is 5.91. The van der Waals surface area contributed by atoms with Crippen molar-refractivity contribution in [3.8, 4) is 5.75 Å². The molecule has 166 valence electrons. The van der Waals surface area contributed by atoms with Crippen molar-refractivity contribution in [3.05, 3.63) is 65.5 Å². The second-order valence-corrected chi connectivity index (χ2v) is 9.65. The SMILES string of the molecule is CCC[C@H]1CC[C@H]([C@H]2CC[C@H](c3ccc(C(=O)Oc4ccc(F)cc4)cc3)CC2)CC1. The number of hydrogen-bond donors (Lipinski definition) is 0. The van der Waals surface area contributed by atoms with Crippen molar-refractivity contribution in [3.63, 3.8) is 0 Å². The third kappa shape index (κ3) is 5.75. The van der Waals surface area contributed by atoms with E-state index in [2.05, 4.69) is 19.1 Å². The predicted molar refractivity (Wildman–Crippen MR) is 123 cm³/mol. The van der Waals surface area contributed by atoms with Crippen LogP contribution in [0.1, 0.15) is 93.0 Å². The summed E-state index contributed by atoms with van der Waals surface area (Å²) < 4.78 is 18.3. The van der Waals surface area contributed by atoms with Gasteiger partial charge in [-0.3, -0.25) is 0 Å². The molecule has 0 bridgehead atoms. The molecule has 2 aromatic rings. The fourth-order valence-corrected chi connectivity index (χ4v) is 5.84. The van der Waals surface area contributed by atoms with Crippen molar-refractivity contribution in [2.24, 2.45) is 17.8 Å². The van der Waals surface area contributed by atoms with E-state index < -0.39 is 5.97 Å². The van der Waals surface area contributed by atoms with Crippen LogP contribution in [-0.4, -0.2) is 5.97 Å². The second-order valence-electron chi connectivity index (χ2n) is 9.65. The van der Waals surface area contributed by atoms with Crippen molar-refractivity contribution in [1.29, 1.82) is 0 Å². The Balaban J connectivity index is 1.26. The number of halogens is 1. The molecular formula is C28H35FO2. The maximum atomic E-state index is 13.0. The minimum Gasteiger partial charge on any atom is -0.423 e. The number of esters is 1. The van der Waals surface area contributed by atoms with Crippen LogP contribution in [0.3, 0.4) is 0 Å². The van der Waals surface area contributed by atoms with Crippen molar-refractivity contribution in [2.75, 3.05) is 0 Å². The van der Waals surface area contributed by atoms with Crippen molar-refractivity contribution in [2.45, 2.75) is 77.0 Å². The second kappa shape index (κ2) is 10.4. The molecule has 0 N–H and O–H groups in total. The highest BCUT2D eigenvalue weighted by atomic mass is 19.1. The lowest BCUT2D eigenvalue weighted by molar-refractivity contribution is 0.0734. The molecule has 0 heterocycles. The molecule has 0 aromatic heterocycles. The molecule has 2 aliphatic rings. The molecule has 31 heavy (non-hydrogen) atoms. The minimum atomic E-state index is -0.402. The molecule has 0 atom stereocenters. The number of hydrogen-bond acceptors (Lipinski definition) is 2. The van der Waals surface area contributed by atoms with Gasteiger partial charge in [0.1, 0.15) is 11.6 Å². The third-order valence-corrected chi connectivity index (χ3v) is 7.67. The number of carbonyl (C=O) groups is 1. The standard InChI is InChI=1S/C28H35FO2/c1-2-3-20-4-6-21(7-5-20)22-8-10-23(11-9-22)24-12-14-25(15-13-24)28(30)31-27-18-16-26(29)17-19-27/h12-23H,2-11H2,1H3/t20-,21-,22-,23-. The molecule has 0 unspecified atom stereocenters. The maximum Gasteiger partial charge on any atom is 0.343 e. The number of rotatable bonds is 6. The average Bonchev–Trinajstić information content (AvgIpc) is 2.81. The first kappa shape index (κ1) is 22.0. The summed E-state index contributed by atoms with van der Waals surface area (Å²) in [5, 5.41) is 0. The van der Waals surface area contributed by atoms with Crippen LogP contribution in [0.5, 0.6) is 5.75 Å². The number of benzene rings is 2. The quantitative estimate of drug-likeness (QED) is 0.349. The zero-order chi connectivity index (χ0) is 21.6. The Labute approximate surface area is 186 Å². The summed E-state index contributed by atoms with van der Waals surface area (Å²) >= 11 is 0. The van der Waals surface area contributed by atoms with Crippen molar-refractivity contribution >= 4 is 5.97 Å². The zero-order valence-corrected chi connectivity index (χ0v) is 18.7. The van der Waals surface area contributed by atoms with Gasteiger partial charge in [-0.25, -0.2) is 9.18 Å². The zero-order valence-electron chi connectivity index (χ0n) is 18.7. The topological polar surface area (TPSA) is 26.3 Å². The van der Waals surface area contributed by atoms with E-state index in [4.69, 9.17) is 4.74 Å². The van der Waals surface area contributed by atoms with Gasteiger partial charge in [-0.15, -0.1) is 0 Å². The first-order valence-electron chi connectivity index (χ1n) is 12.2. The molecule has 2 aliphatic carbocycles. The monoisotopic (exact) mass is 422 g/mol. The van der Waals surface area contributed by atoms with Gasteiger partial charge >= 0.3 is 5.97 Å². The summed E-state index contributed by atoms with van der Waals surface area (Å²) in [4.78, 5) is 12.4. The lowest BCUT2D eigenvalue weighted by Crippen LogP contribution is -2.25. The largest absolute Gasteiger partial charge is 0.423 e. The molecule has 0 saturated heterocycles. The molecule has 0 amide bonds. The molecular weight excluding hydrogens is 387 g/mol. The number of carbonyl (C=O) groups excluding carboxylic acids is 1. The Morgan fingerprint density at radius 1 is 0.839 bits per heavy atom. The van der Waals surface area contributed by atoms with Gasteiger partial charge in [0.05, 0.1) is 5.56 Å². The molecule has 0 radical (unpaired) electrons. The average molecular weight is 423 g/mol. The molecule has 2 fully saturated rings. The highest BCUT2D eigenvalue weighted by Gasteiger charge is 2.31. The number of ether oxygens (including phenoxy) is 1. The predicted octanol–water partition coefficient (Wildman–Crippen LogP) is 7.93. The molecule has 4 rings (SSSR count). The summed E-state index contributed by atoms with van der Waals surface area (Å²) in [6, 6.07) is 13.4. The summed E-state index contributed by atoms with van der Waals surface area (Å²) in [6.45, 7) is 2.31. The molecule has 3 heteroatoms. The van der Waals surface area contributed by atoms with Gasteiger partial charge in [0, 0.05) is 0 Å². The highest BCUT2D eigenvalue weighted by Crippen LogP contribution is 2.44. The Morgan fingerprint density at radius 3 is 2.00 bits per heavy atom. The maximum absolute atomic E-state index is 13.0. The Hall–Kier alpha value is -2.16. The van der Waals surface area contributed by atoms with Gasteiger partial charge in [0.2, 0.25) is 0 Å². The van der Waals surface area contributed by atoms with Crippen molar-refractivity contribution in [1.82, 2.24) is 0 Å². The summed E-state index contributed by atoms with van der Waals surface area (Å²) in [7, 11) is 0. The van der Waals surface area contributed by atoms with E-state index in [0.29, 0.717) is 17.2 Å². The molecule has 0 aliphatic heterocycles. The minimum absolute atomic E-state index is 0.344. The molecule has 2 nitrogen and oxygen atoms in total. The van der Waals surface area contributed by atoms with E-state index >= 15 is 0 Å². The van der Waals surface area contributed by atoms with E-state index in [1.54, 1.807) is 0 Å². The van der Waals surface area contributed by atoms with Crippen LogP contribution in [0.4, 0.5) is 4.39 Å². The van der Waals surface area contributed by atoms with E-state index in [1.807, 2.05) is 12.1 Å². The van der Waals surface area contributed by atoms with Crippen LogP contribution in [0.15, 0.2) is 48.5 Å². The van der Waals surface area contributed by atoms with Crippen molar-refractivity contribution < 1.29 is 13.9 Å². The Kier molecular flexibility index (Phi) is 7.42. The van der Waals surface area contributed by atoms with Gasteiger partial charge in [-0.2, -0.15) is 0 Å². The first-order valence-corrected chi connectivity index (χ1v) is 12.2. The van der Waals surface area contributed by atoms with Gasteiger partial charge in [0.15, 0.2) is 0 Å². The van der Waals surface area contributed by atoms with Crippen LogP contribution in [0.2, 0.25) is 0 Å².